The number of amides is 1. The summed E-state index contributed by atoms with van der Waals surface area (Å²) in [7, 11) is 6.62. The Bertz CT molecular complexity index is 948. The molecule has 1 aliphatic heterocycles. The molecule has 0 radical (unpaired) electrons. The van der Waals surface area contributed by atoms with Gasteiger partial charge in [0.25, 0.3) is 0 Å². The summed E-state index contributed by atoms with van der Waals surface area (Å²) in [6.45, 7) is 4.52. The maximum Gasteiger partial charge on any atom is 0.246 e. The maximum absolute atomic E-state index is 12.8. The van der Waals surface area contributed by atoms with Gasteiger partial charge in [-0.3, -0.25) is 9.48 Å². The summed E-state index contributed by atoms with van der Waals surface area (Å²) >= 11 is 0. The summed E-state index contributed by atoms with van der Waals surface area (Å²) in [4.78, 5) is 21.2. The fourth-order valence-electron chi connectivity index (χ4n) is 3.48. The van der Waals surface area contributed by atoms with Crippen molar-refractivity contribution in [2.45, 2.75) is 13.5 Å². The van der Waals surface area contributed by atoms with Crippen molar-refractivity contribution < 1.29 is 19.0 Å². The number of halogens is 1. The van der Waals surface area contributed by atoms with Crippen LogP contribution in [0.15, 0.2) is 29.5 Å². The molecule has 10 nitrogen and oxygen atoms in total. The fourth-order valence-corrected chi connectivity index (χ4v) is 3.48. The van der Waals surface area contributed by atoms with E-state index in [-0.39, 0.29) is 36.4 Å². The fraction of sp³-hybridized carbons (Fsp3) is 0.476. The molecule has 32 heavy (non-hydrogen) atoms. The molecule has 1 N–H and O–H groups in total. The number of hydrogen-bond donors (Lipinski definition) is 1. The molecule has 3 rings (SSSR count). The molecule has 0 bridgehead atoms. The molecule has 0 saturated carbocycles. The largest absolute Gasteiger partial charge is 0.496 e. The number of methoxy groups -OCH3 is 3. The first kappa shape index (κ1) is 25.6. The molecule has 1 aliphatic rings. The minimum atomic E-state index is 0. The molecule has 2 heterocycles. The van der Waals surface area contributed by atoms with Gasteiger partial charge in [0, 0.05) is 44.5 Å². The van der Waals surface area contributed by atoms with Gasteiger partial charge in [-0.15, -0.1) is 24.0 Å². The SMILES string of the molecule is CCNC(=NCc1cc(OC)c(OC)cc1OC)N1CCN(c2cnn(C)c2)C(=O)C1.I. The van der Waals surface area contributed by atoms with Crippen molar-refractivity contribution in [3.05, 3.63) is 30.1 Å². The highest BCUT2D eigenvalue weighted by Crippen LogP contribution is 2.35. The van der Waals surface area contributed by atoms with Crippen LogP contribution < -0.4 is 24.4 Å². The zero-order valence-electron chi connectivity index (χ0n) is 19.1. The van der Waals surface area contributed by atoms with Crippen LogP contribution in [0.2, 0.25) is 0 Å². The van der Waals surface area contributed by atoms with E-state index in [2.05, 4.69) is 10.4 Å². The van der Waals surface area contributed by atoms with Gasteiger partial charge in [0.2, 0.25) is 5.91 Å². The zero-order chi connectivity index (χ0) is 22.4. The number of rotatable bonds is 7. The Morgan fingerprint density at radius 1 is 1.12 bits per heavy atom. The van der Waals surface area contributed by atoms with E-state index in [0.29, 0.717) is 49.4 Å². The lowest BCUT2D eigenvalue weighted by molar-refractivity contribution is -0.120. The third-order valence-electron chi connectivity index (χ3n) is 5.04. The van der Waals surface area contributed by atoms with Crippen molar-refractivity contribution in [2.24, 2.45) is 12.0 Å². The normalized spacial score (nSPS) is 14.2. The summed E-state index contributed by atoms with van der Waals surface area (Å²) in [5.74, 6) is 2.55. The number of nitrogens with one attached hydrogen (secondary N) is 1. The van der Waals surface area contributed by atoms with E-state index < -0.39 is 0 Å². The Morgan fingerprint density at radius 3 is 2.38 bits per heavy atom. The molecular weight excluding hydrogens is 527 g/mol. The number of benzene rings is 1. The Kier molecular flexibility index (Phi) is 9.42. The highest BCUT2D eigenvalue weighted by Gasteiger charge is 2.27. The first-order valence-electron chi connectivity index (χ1n) is 10.1. The topological polar surface area (TPSA) is 93.5 Å². The number of guanidine groups is 1. The van der Waals surface area contributed by atoms with Crippen LogP contribution in [0.5, 0.6) is 17.2 Å². The molecule has 1 amide bonds. The van der Waals surface area contributed by atoms with Crippen LogP contribution >= 0.6 is 24.0 Å². The van der Waals surface area contributed by atoms with Gasteiger partial charge >= 0.3 is 0 Å². The summed E-state index contributed by atoms with van der Waals surface area (Å²) in [6, 6.07) is 3.64. The standard InChI is InChI=1S/C21H30N6O4.HI/c1-6-22-21(23-11-15-9-18(30-4)19(31-5)10-17(15)29-3)26-7-8-27(20(28)14-26)16-12-24-25(2)13-16;/h9-10,12-13H,6-8,11,14H2,1-5H3,(H,22,23);1H. The minimum Gasteiger partial charge on any atom is -0.496 e. The molecule has 1 saturated heterocycles. The molecule has 1 aromatic carbocycles. The van der Waals surface area contributed by atoms with Crippen LogP contribution in [0.25, 0.3) is 0 Å². The molecule has 1 aromatic heterocycles. The molecule has 176 valence electrons. The van der Waals surface area contributed by atoms with E-state index in [0.717, 1.165) is 11.3 Å². The quantitative estimate of drug-likeness (QED) is 0.315. The smallest absolute Gasteiger partial charge is 0.246 e. The summed E-state index contributed by atoms with van der Waals surface area (Å²) in [5, 5.41) is 7.44. The molecular formula is C21H31IN6O4. The lowest BCUT2D eigenvalue weighted by Gasteiger charge is -2.35. The van der Waals surface area contributed by atoms with E-state index in [4.69, 9.17) is 19.2 Å². The third kappa shape index (κ3) is 5.75. The van der Waals surface area contributed by atoms with Crippen LogP contribution in [-0.2, 0) is 18.4 Å². The lowest BCUT2D eigenvalue weighted by Crippen LogP contribution is -2.55. The molecule has 11 heteroatoms. The summed E-state index contributed by atoms with van der Waals surface area (Å²) in [5.41, 5.74) is 1.67. The van der Waals surface area contributed by atoms with Crippen molar-refractivity contribution in [2.75, 3.05) is 52.4 Å². The van der Waals surface area contributed by atoms with Crippen molar-refractivity contribution >= 4 is 41.5 Å². The molecule has 0 aliphatic carbocycles. The van der Waals surface area contributed by atoms with E-state index in [9.17, 15) is 4.79 Å². The van der Waals surface area contributed by atoms with Crippen LogP contribution in [0.4, 0.5) is 5.69 Å². The van der Waals surface area contributed by atoms with Crippen LogP contribution in [-0.4, -0.2) is 74.1 Å². The number of carbonyl (C=O) groups excluding carboxylic acids is 1. The van der Waals surface area contributed by atoms with Gasteiger partial charge in [-0.25, -0.2) is 4.99 Å². The van der Waals surface area contributed by atoms with Gasteiger partial charge in [0.1, 0.15) is 12.3 Å². The lowest BCUT2D eigenvalue weighted by atomic mass is 10.1. The predicted molar refractivity (Wildman–Crippen MR) is 133 cm³/mol. The van der Waals surface area contributed by atoms with E-state index in [1.54, 1.807) is 43.2 Å². The second-order valence-corrected chi connectivity index (χ2v) is 7.03. The van der Waals surface area contributed by atoms with Gasteiger partial charge in [-0.05, 0) is 13.0 Å². The van der Waals surface area contributed by atoms with Crippen molar-refractivity contribution in [1.82, 2.24) is 20.0 Å². The average Bonchev–Trinajstić information content (AvgIpc) is 3.21. The van der Waals surface area contributed by atoms with Crippen LogP contribution in [0, 0.1) is 0 Å². The number of aliphatic imine (C=N–C) groups is 1. The van der Waals surface area contributed by atoms with Crippen molar-refractivity contribution in [3.63, 3.8) is 0 Å². The second-order valence-electron chi connectivity index (χ2n) is 7.03. The van der Waals surface area contributed by atoms with Crippen LogP contribution in [0.3, 0.4) is 0 Å². The number of carbonyl (C=O) groups is 1. The first-order valence-corrected chi connectivity index (χ1v) is 10.1. The Hall–Kier alpha value is -2.70. The number of piperazine rings is 1. The van der Waals surface area contributed by atoms with Gasteiger partial charge in [0.05, 0.1) is 39.8 Å². The number of aryl methyl sites for hydroxylation is 1. The van der Waals surface area contributed by atoms with E-state index in [1.165, 1.54) is 0 Å². The third-order valence-corrected chi connectivity index (χ3v) is 5.04. The summed E-state index contributed by atoms with van der Waals surface area (Å²) < 4.78 is 17.9. The zero-order valence-corrected chi connectivity index (χ0v) is 21.5. The minimum absolute atomic E-state index is 0. The van der Waals surface area contributed by atoms with Gasteiger partial charge in [-0.2, -0.15) is 5.10 Å². The number of nitrogens with zero attached hydrogens (tertiary/aromatic N) is 5. The highest BCUT2D eigenvalue weighted by molar-refractivity contribution is 14.0. The van der Waals surface area contributed by atoms with Gasteiger partial charge in [-0.1, -0.05) is 0 Å². The molecule has 0 atom stereocenters. The van der Waals surface area contributed by atoms with E-state index >= 15 is 0 Å². The van der Waals surface area contributed by atoms with Crippen molar-refractivity contribution in [1.29, 1.82) is 0 Å². The monoisotopic (exact) mass is 558 g/mol. The second kappa shape index (κ2) is 11.8. The van der Waals surface area contributed by atoms with E-state index in [1.807, 2.05) is 31.1 Å². The number of hydrogen-bond acceptors (Lipinski definition) is 6. The molecule has 0 spiro atoms. The van der Waals surface area contributed by atoms with Crippen LogP contribution in [0.1, 0.15) is 12.5 Å². The highest BCUT2D eigenvalue weighted by atomic mass is 127. The predicted octanol–water partition coefficient (Wildman–Crippen LogP) is 1.88. The maximum atomic E-state index is 12.8. The number of anilines is 1. The van der Waals surface area contributed by atoms with Crippen molar-refractivity contribution in [3.8, 4) is 17.2 Å². The Balaban J connectivity index is 0.00000363. The van der Waals surface area contributed by atoms with Gasteiger partial charge in [0.15, 0.2) is 17.5 Å². The first-order chi connectivity index (χ1) is 15.0. The Labute approximate surface area is 205 Å². The number of aromatic nitrogens is 2. The molecule has 2 aromatic rings. The molecule has 1 fully saturated rings. The average molecular weight is 558 g/mol. The van der Waals surface area contributed by atoms with Gasteiger partial charge < -0.3 is 29.3 Å². The Morgan fingerprint density at radius 2 is 1.81 bits per heavy atom. The molecule has 0 unspecified atom stereocenters. The number of ether oxygens (including phenoxy) is 3. The summed E-state index contributed by atoms with van der Waals surface area (Å²) in [6.07, 6.45) is 3.55.